The molecule has 0 amide bonds. The molecule has 1 aromatic heterocycles. The van der Waals surface area contributed by atoms with Crippen molar-refractivity contribution >= 4 is 5.78 Å². The maximum absolute atomic E-state index is 12.3. The van der Waals surface area contributed by atoms with Gasteiger partial charge in [0.2, 0.25) is 5.82 Å². The van der Waals surface area contributed by atoms with Crippen molar-refractivity contribution in [1.29, 1.82) is 0 Å². The third-order valence-corrected chi connectivity index (χ3v) is 4.62. The number of nitrogens with zero attached hydrogens (tertiary/aromatic N) is 2. The van der Waals surface area contributed by atoms with Crippen molar-refractivity contribution in [1.82, 2.24) is 10.1 Å². The van der Waals surface area contributed by atoms with Gasteiger partial charge in [-0.25, -0.2) is 0 Å². The van der Waals surface area contributed by atoms with Crippen LogP contribution in [0.5, 0.6) is 17.2 Å². The number of aromatic nitrogens is 2. The second-order valence-electron chi connectivity index (χ2n) is 6.62. The first-order valence-electron chi connectivity index (χ1n) is 9.55. The van der Waals surface area contributed by atoms with Gasteiger partial charge in [0.1, 0.15) is 17.2 Å². The summed E-state index contributed by atoms with van der Waals surface area (Å²) in [5, 5.41) is 4.04. The molecule has 0 spiro atoms. The molecular weight excluding hydrogens is 396 g/mol. The van der Waals surface area contributed by atoms with Gasteiger partial charge in [-0.15, -0.1) is 0 Å². The maximum atomic E-state index is 12.3. The molecule has 31 heavy (non-hydrogen) atoms. The molecule has 0 aliphatic heterocycles. The van der Waals surface area contributed by atoms with E-state index in [0.717, 1.165) is 11.1 Å². The van der Waals surface area contributed by atoms with Gasteiger partial charge in [0.15, 0.2) is 12.4 Å². The molecule has 3 aromatic carbocycles. The first kappa shape index (κ1) is 20.2. The van der Waals surface area contributed by atoms with Gasteiger partial charge in [0, 0.05) is 16.7 Å². The minimum Gasteiger partial charge on any atom is -0.497 e. The molecule has 0 fully saturated rings. The Morgan fingerprint density at radius 3 is 2.29 bits per heavy atom. The van der Waals surface area contributed by atoms with Gasteiger partial charge in [-0.2, -0.15) is 4.98 Å². The van der Waals surface area contributed by atoms with Gasteiger partial charge in [-0.1, -0.05) is 23.4 Å². The fourth-order valence-corrected chi connectivity index (χ4v) is 2.94. The number of methoxy groups -OCH3 is 2. The SMILES string of the molecule is COc1cccc(C(=O)COc2ccc(-c3noc(-c4cccc(OC)c4)n3)cc2)c1. The highest BCUT2D eigenvalue weighted by atomic mass is 16.5. The van der Waals surface area contributed by atoms with Gasteiger partial charge in [0.05, 0.1) is 14.2 Å². The Bertz CT molecular complexity index is 1180. The van der Waals surface area contributed by atoms with Crippen LogP contribution < -0.4 is 14.2 Å². The lowest BCUT2D eigenvalue weighted by molar-refractivity contribution is 0.0921. The molecule has 0 aliphatic rings. The van der Waals surface area contributed by atoms with E-state index in [9.17, 15) is 4.79 Å². The van der Waals surface area contributed by atoms with Crippen molar-refractivity contribution in [3.05, 3.63) is 78.4 Å². The second-order valence-corrected chi connectivity index (χ2v) is 6.62. The molecule has 1 heterocycles. The molecule has 0 saturated heterocycles. The minimum absolute atomic E-state index is 0.0747. The zero-order valence-electron chi connectivity index (χ0n) is 17.1. The normalized spacial score (nSPS) is 10.5. The van der Waals surface area contributed by atoms with Crippen molar-refractivity contribution in [3.63, 3.8) is 0 Å². The summed E-state index contributed by atoms with van der Waals surface area (Å²) < 4.78 is 21.4. The Hall–Kier alpha value is -4.13. The van der Waals surface area contributed by atoms with Crippen molar-refractivity contribution in [3.8, 4) is 40.1 Å². The van der Waals surface area contributed by atoms with Gasteiger partial charge >= 0.3 is 0 Å². The lowest BCUT2D eigenvalue weighted by Gasteiger charge is -2.07. The van der Waals surface area contributed by atoms with Crippen LogP contribution >= 0.6 is 0 Å². The highest BCUT2D eigenvalue weighted by Gasteiger charge is 2.12. The van der Waals surface area contributed by atoms with Crippen LogP contribution in [0, 0.1) is 0 Å². The van der Waals surface area contributed by atoms with E-state index in [4.69, 9.17) is 18.7 Å². The third kappa shape index (κ3) is 4.72. The minimum atomic E-state index is -0.135. The molecule has 0 N–H and O–H groups in total. The summed E-state index contributed by atoms with van der Waals surface area (Å²) in [6.07, 6.45) is 0. The standard InChI is InChI=1S/C24H20N2O5/c1-28-20-7-3-5-17(13-20)22(27)15-30-19-11-9-16(10-12-19)23-25-24(31-26-23)18-6-4-8-21(14-18)29-2/h3-14H,15H2,1-2H3. The molecule has 4 rings (SSSR count). The van der Waals surface area contributed by atoms with Gasteiger partial charge in [0.25, 0.3) is 5.89 Å². The number of hydrogen-bond acceptors (Lipinski definition) is 7. The number of carbonyl (C=O) groups excluding carboxylic acids is 1. The van der Waals surface area contributed by atoms with E-state index in [-0.39, 0.29) is 12.4 Å². The molecule has 0 aliphatic carbocycles. The van der Waals surface area contributed by atoms with Crippen LogP contribution in [0.15, 0.2) is 77.3 Å². The molecule has 7 nitrogen and oxygen atoms in total. The molecule has 156 valence electrons. The van der Waals surface area contributed by atoms with Crippen LogP contribution in [0.2, 0.25) is 0 Å². The van der Waals surface area contributed by atoms with Gasteiger partial charge in [-0.05, 0) is 54.6 Å². The number of rotatable bonds is 8. The monoisotopic (exact) mass is 416 g/mol. The van der Waals surface area contributed by atoms with Crippen molar-refractivity contribution in [2.45, 2.75) is 0 Å². The van der Waals surface area contributed by atoms with Crippen LogP contribution in [-0.4, -0.2) is 36.8 Å². The Morgan fingerprint density at radius 2 is 1.55 bits per heavy atom. The molecule has 0 bridgehead atoms. The third-order valence-electron chi connectivity index (χ3n) is 4.62. The number of ketones is 1. The fourth-order valence-electron chi connectivity index (χ4n) is 2.94. The van der Waals surface area contributed by atoms with E-state index < -0.39 is 0 Å². The highest BCUT2D eigenvalue weighted by Crippen LogP contribution is 2.26. The summed E-state index contributed by atoms with van der Waals surface area (Å²) >= 11 is 0. The summed E-state index contributed by atoms with van der Waals surface area (Å²) in [6.45, 7) is -0.0747. The maximum Gasteiger partial charge on any atom is 0.258 e. The number of ether oxygens (including phenoxy) is 3. The van der Waals surface area contributed by atoms with E-state index in [1.807, 2.05) is 36.4 Å². The Labute approximate surface area is 179 Å². The number of Topliss-reactive ketones (excluding diaryl/α,β-unsaturated/α-hetero) is 1. The number of carbonyl (C=O) groups is 1. The second kappa shape index (κ2) is 9.13. The lowest BCUT2D eigenvalue weighted by atomic mass is 10.1. The molecule has 0 radical (unpaired) electrons. The van der Waals surface area contributed by atoms with Crippen LogP contribution in [0.1, 0.15) is 10.4 Å². The molecule has 0 atom stereocenters. The Kier molecular flexibility index (Phi) is 5.93. The molecule has 0 unspecified atom stereocenters. The highest BCUT2D eigenvalue weighted by molar-refractivity contribution is 5.97. The average molecular weight is 416 g/mol. The van der Waals surface area contributed by atoms with Crippen LogP contribution in [0.25, 0.3) is 22.8 Å². The van der Waals surface area contributed by atoms with E-state index >= 15 is 0 Å². The smallest absolute Gasteiger partial charge is 0.258 e. The zero-order chi connectivity index (χ0) is 21.6. The van der Waals surface area contributed by atoms with E-state index in [1.54, 1.807) is 50.6 Å². The number of benzene rings is 3. The average Bonchev–Trinajstić information content (AvgIpc) is 3.33. The van der Waals surface area contributed by atoms with Crippen LogP contribution in [0.4, 0.5) is 0 Å². The topological polar surface area (TPSA) is 83.7 Å². The first-order chi connectivity index (χ1) is 15.2. The molecular formula is C24H20N2O5. The van der Waals surface area contributed by atoms with Crippen LogP contribution in [-0.2, 0) is 0 Å². The van der Waals surface area contributed by atoms with Gasteiger partial charge in [-0.3, -0.25) is 4.79 Å². The van der Waals surface area contributed by atoms with E-state index in [2.05, 4.69) is 10.1 Å². The van der Waals surface area contributed by atoms with Crippen molar-refractivity contribution in [2.24, 2.45) is 0 Å². The largest absolute Gasteiger partial charge is 0.497 e. The lowest BCUT2D eigenvalue weighted by Crippen LogP contribution is -2.11. The number of hydrogen-bond donors (Lipinski definition) is 0. The van der Waals surface area contributed by atoms with Gasteiger partial charge < -0.3 is 18.7 Å². The molecule has 7 heteroatoms. The van der Waals surface area contributed by atoms with E-state index in [0.29, 0.717) is 34.5 Å². The molecule has 4 aromatic rings. The Balaban J connectivity index is 1.41. The quantitative estimate of drug-likeness (QED) is 0.386. The fraction of sp³-hybridized carbons (Fsp3) is 0.125. The van der Waals surface area contributed by atoms with Crippen LogP contribution in [0.3, 0.4) is 0 Å². The first-order valence-corrected chi connectivity index (χ1v) is 9.55. The summed E-state index contributed by atoms with van der Waals surface area (Å²) in [5.41, 5.74) is 2.08. The van der Waals surface area contributed by atoms with E-state index in [1.165, 1.54) is 0 Å². The van der Waals surface area contributed by atoms with Crippen molar-refractivity contribution < 1.29 is 23.5 Å². The zero-order valence-corrected chi connectivity index (χ0v) is 17.1. The predicted molar refractivity (Wildman–Crippen MR) is 115 cm³/mol. The summed E-state index contributed by atoms with van der Waals surface area (Å²) in [5.74, 6) is 2.63. The summed E-state index contributed by atoms with van der Waals surface area (Å²) in [6, 6.07) is 21.5. The predicted octanol–water partition coefficient (Wildman–Crippen LogP) is 4.68. The molecule has 0 saturated carbocycles. The summed E-state index contributed by atoms with van der Waals surface area (Å²) in [4.78, 5) is 16.8. The summed E-state index contributed by atoms with van der Waals surface area (Å²) in [7, 11) is 3.16. The van der Waals surface area contributed by atoms with Crippen molar-refractivity contribution in [2.75, 3.05) is 20.8 Å². The Morgan fingerprint density at radius 1 is 0.839 bits per heavy atom.